The number of anilines is 1. The molecule has 1 atom stereocenters. The van der Waals surface area contributed by atoms with Crippen molar-refractivity contribution in [3.63, 3.8) is 0 Å². The van der Waals surface area contributed by atoms with Gasteiger partial charge in [0.15, 0.2) is 0 Å². The van der Waals surface area contributed by atoms with E-state index < -0.39 is 39.4 Å². The van der Waals surface area contributed by atoms with Crippen LogP contribution in [0.2, 0.25) is 10.0 Å². The van der Waals surface area contributed by atoms with Gasteiger partial charge in [0, 0.05) is 5.02 Å². The van der Waals surface area contributed by atoms with E-state index in [1.54, 1.807) is 30.3 Å². The molecule has 0 aliphatic heterocycles. The molecule has 3 aromatic rings. The maximum absolute atomic E-state index is 13.3. The summed E-state index contributed by atoms with van der Waals surface area (Å²) in [6.45, 7) is 0. The largest absolute Gasteiger partial charge is 0.418 e. The van der Waals surface area contributed by atoms with Crippen molar-refractivity contribution in [3.05, 3.63) is 94.0 Å². The van der Waals surface area contributed by atoms with E-state index in [1.165, 1.54) is 24.3 Å². The van der Waals surface area contributed by atoms with Gasteiger partial charge in [0.1, 0.15) is 10.9 Å². The van der Waals surface area contributed by atoms with Gasteiger partial charge in [-0.2, -0.15) is 17.9 Å². The molecule has 0 fully saturated rings. The number of carbonyl (C=O) groups is 1. The fourth-order valence-electron chi connectivity index (χ4n) is 3.03. The Morgan fingerprint density at radius 3 is 2.24 bits per heavy atom. The summed E-state index contributed by atoms with van der Waals surface area (Å²) in [7, 11) is -4.36. The third-order valence-electron chi connectivity index (χ3n) is 4.57. The summed E-state index contributed by atoms with van der Waals surface area (Å²) in [6.07, 6.45) is -4.84. The average Bonchev–Trinajstić information content (AvgIpc) is 2.75. The minimum atomic E-state index is -4.72. The first kappa shape index (κ1) is 25.0. The fourth-order valence-corrected chi connectivity index (χ4v) is 4.99. The zero-order chi connectivity index (χ0) is 24.2. The molecule has 0 aliphatic carbocycles. The number of benzene rings is 3. The van der Waals surface area contributed by atoms with Gasteiger partial charge in [0.05, 0.1) is 16.3 Å². The summed E-state index contributed by atoms with van der Waals surface area (Å²) in [5, 5.41) is 2.16. The normalized spacial score (nSPS) is 12.9. The second-order valence-corrected chi connectivity index (χ2v) is 9.50. The quantitative estimate of drug-likeness (QED) is 0.432. The number of hydrogen-bond donors (Lipinski definition) is 2. The molecule has 0 spiro atoms. The molecule has 0 bridgehead atoms. The van der Waals surface area contributed by atoms with E-state index in [0.29, 0.717) is 5.56 Å². The van der Waals surface area contributed by atoms with Gasteiger partial charge in [-0.3, -0.25) is 4.79 Å². The lowest BCUT2D eigenvalue weighted by Gasteiger charge is -2.21. The van der Waals surface area contributed by atoms with Crippen LogP contribution in [0.4, 0.5) is 18.9 Å². The molecule has 0 heterocycles. The van der Waals surface area contributed by atoms with Gasteiger partial charge in [-0.05, 0) is 42.3 Å². The molecule has 0 saturated heterocycles. The Morgan fingerprint density at radius 1 is 0.939 bits per heavy atom. The van der Waals surface area contributed by atoms with Crippen LogP contribution in [0, 0.1) is 0 Å². The van der Waals surface area contributed by atoms with E-state index in [-0.39, 0.29) is 21.4 Å². The molecular formula is C22H17Cl2F3N2O3S. The maximum Gasteiger partial charge on any atom is 0.418 e. The predicted octanol–water partition coefficient (Wildman–Crippen LogP) is 5.54. The van der Waals surface area contributed by atoms with Crippen LogP contribution in [0.1, 0.15) is 11.1 Å². The van der Waals surface area contributed by atoms with Crippen LogP contribution >= 0.6 is 23.2 Å². The Kier molecular flexibility index (Phi) is 7.69. The molecule has 0 aromatic heterocycles. The topological polar surface area (TPSA) is 75.3 Å². The molecule has 0 radical (unpaired) electrons. The summed E-state index contributed by atoms with van der Waals surface area (Å²) in [5.41, 5.74) is -0.966. The van der Waals surface area contributed by atoms with Gasteiger partial charge < -0.3 is 5.32 Å². The Labute approximate surface area is 198 Å². The second kappa shape index (κ2) is 10.1. The Morgan fingerprint density at radius 2 is 1.58 bits per heavy atom. The maximum atomic E-state index is 13.3. The van der Waals surface area contributed by atoms with Gasteiger partial charge in [-0.1, -0.05) is 65.7 Å². The summed E-state index contributed by atoms with van der Waals surface area (Å²) < 4.78 is 68.2. The highest BCUT2D eigenvalue weighted by Gasteiger charge is 2.35. The van der Waals surface area contributed by atoms with Crippen molar-refractivity contribution in [1.82, 2.24) is 4.72 Å². The molecule has 2 N–H and O–H groups in total. The number of sulfonamides is 1. The van der Waals surface area contributed by atoms with E-state index in [2.05, 4.69) is 10.0 Å². The zero-order valence-corrected chi connectivity index (χ0v) is 19.1. The van der Waals surface area contributed by atoms with Crippen molar-refractivity contribution in [3.8, 4) is 0 Å². The van der Waals surface area contributed by atoms with E-state index >= 15 is 0 Å². The molecule has 11 heteroatoms. The van der Waals surface area contributed by atoms with Crippen LogP contribution in [0.25, 0.3) is 0 Å². The van der Waals surface area contributed by atoms with E-state index in [4.69, 9.17) is 23.2 Å². The third kappa shape index (κ3) is 6.48. The fraction of sp³-hybridized carbons (Fsp3) is 0.136. The van der Waals surface area contributed by atoms with Gasteiger partial charge in [0.25, 0.3) is 0 Å². The van der Waals surface area contributed by atoms with E-state index in [9.17, 15) is 26.4 Å². The molecule has 1 amide bonds. The first-order valence-electron chi connectivity index (χ1n) is 9.46. The van der Waals surface area contributed by atoms with Gasteiger partial charge in [-0.15, -0.1) is 0 Å². The van der Waals surface area contributed by atoms with Crippen molar-refractivity contribution < 1.29 is 26.4 Å². The van der Waals surface area contributed by atoms with Crippen LogP contribution in [-0.4, -0.2) is 20.4 Å². The van der Waals surface area contributed by atoms with Crippen molar-refractivity contribution >= 4 is 44.8 Å². The molecular weight excluding hydrogens is 500 g/mol. The highest BCUT2D eigenvalue weighted by molar-refractivity contribution is 7.89. The van der Waals surface area contributed by atoms with Crippen LogP contribution in [0.15, 0.2) is 77.7 Å². The Hall–Kier alpha value is -2.59. The summed E-state index contributed by atoms with van der Waals surface area (Å²) in [6, 6.07) is 15.2. The minimum Gasteiger partial charge on any atom is -0.324 e. The van der Waals surface area contributed by atoms with Crippen LogP contribution in [0.3, 0.4) is 0 Å². The average molecular weight is 517 g/mol. The number of halogens is 5. The molecule has 5 nitrogen and oxygen atoms in total. The lowest BCUT2D eigenvalue weighted by molar-refractivity contribution is -0.137. The van der Waals surface area contributed by atoms with Crippen molar-refractivity contribution in [1.29, 1.82) is 0 Å². The predicted molar refractivity (Wildman–Crippen MR) is 121 cm³/mol. The number of alkyl halides is 3. The van der Waals surface area contributed by atoms with Crippen LogP contribution < -0.4 is 10.0 Å². The summed E-state index contributed by atoms with van der Waals surface area (Å²) in [4.78, 5) is 12.6. The number of hydrogen-bond acceptors (Lipinski definition) is 3. The van der Waals surface area contributed by atoms with Crippen LogP contribution in [0.5, 0.6) is 0 Å². The number of para-hydroxylation sites is 1. The monoisotopic (exact) mass is 516 g/mol. The summed E-state index contributed by atoms with van der Waals surface area (Å²) >= 11 is 11.9. The Balaban J connectivity index is 1.95. The lowest BCUT2D eigenvalue weighted by Crippen LogP contribution is -2.45. The molecule has 0 unspecified atom stereocenters. The highest BCUT2D eigenvalue weighted by Crippen LogP contribution is 2.34. The first-order chi connectivity index (χ1) is 15.5. The molecule has 3 rings (SSSR count). The number of nitrogens with one attached hydrogen (secondary N) is 2. The van der Waals surface area contributed by atoms with E-state index in [0.717, 1.165) is 18.2 Å². The molecule has 174 valence electrons. The third-order valence-corrected chi connectivity index (χ3v) is 6.76. The second-order valence-electron chi connectivity index (χ2n) is 6.97. The number of amides is 1. The number of rotatable bonds is 7. The zero-order valence-electron chi connectivity index (χ0n) is 16.7. The van der Waals surface area contributed by atoms with Gasteiger partial charge >= 0.3 is 6.18 Å². The van der Waals surface area contributed by atoms with Gasteiger partial charge in [0.2, 0.25) is 15.9 Å². The minimum absolute atomic E-state index is 0.0999. The SMILES string of the molecule is O=C(Nc1ccccc1C(F)(F)F)[C@@H](Cc1ccccc1)NS(=O)(=O)c1cc(Cl)ccc1Cl. The first-order valence-corrected chi connectivity index (χ1v) is 11.7. The molecule has 0 saturated carbocycles. The summed E-state index contributed by atoms with van der Waals surface area (Å²) in [5.74, 6) is -0.975. The highest BCUT2D eigenvalue weighted by atomic mass is 35.5. The van der Waals surface area contributed by atoms with Gasteiger partial charge in [-0.25, -0.2) is 8.42 Å². The lowest BCUT2D eigenvalue weighted by atomic mass is 10.1. The van der Waals surface area contributed by atoms with Crippen molar-refractivity contribution in [2.24, 2.45) is 0 Å². The van der Waals surface area contributed by atoms with Crippen molar-refractivity contribution in [2.75, 3.05) is 5.32 Å². The smallest absolute Gasteiger partial charge is 0.324 e. The molecule has 3 aromatic carbocycles. The Bertz CT molecular complexity index is 1250. The van der Waals surface area contributed by atoms with E-state index in [1.807, 2.05) is 0 Å². The van der Waals surface area contributed by atoms with Crippen molar-refractivity contribution in [2.45, 2.75) is 23.5 Å². The standard InChI is InChI=1S/C22H17Cl2F3N2O3S/c23-15-10-11-17(24)20(13-15)33(31,32)29-19(12-14-6-2-1-3-7-14)21(30)28-18-9-5-4-8-16(18)22(25,26)27/h1-11,13,19,29H,12H2,(H,28,30)/t19-/m1/s1. The molecule has 0 aliphatic rings. The number of carbonyl (C=O) groups excluding carboxylic acids is 1. The molecule has 33 heavy (non-hydrogen) atoms. The van der Waals surface area contributed by atoms with Crippen LogP contribution in [-0.2, 0) is 27.4 Å².